The van der Waals surface area contributed by atoms with Crippen molar-refractivity contribution >= 4 is 21.5 Å². The fourth-order valence-electron chi connectivity index (χ4n) is 5.71. The van der Waals surface area contributed by atoms with Crippen molar-refractivity contribution < 1.29 is 0 Å². The molecule has 0 fully saturated rings. The van der Waals surface area contributed by atoms with Crippen molar-refractivity contribution in [1.29, 1.82) is 0 Å². The molecule has 1 aliphatic rings. The topological polar surface area (TPSA) is 0 Å². The van der Waals surface area contributed by atoms with Crippen molar-refractivity contribution in [1.82, 2.24) is 0 Å². The van der Waals surface area contributed by atoms with Crippen LogP contribution in [0.15, 0.2) is 115 Å². The van der Waals surface area contributed by atoms with Gasteiger partial charge in [-0.15, -0.1) is 0 Å². The molecule has 0 heteroatoms. The highest BCUT2D eigenvalue weighted by molar-refractivity contribution is 6.27. The molecule has 1 aliphatic carbocycles. The molecule has 0 aliphatic heterocycles. The van der Waals surface area contributed by atoms with E-state index in [2.05, 4.69) is 122 Å². The predicted octanol–water partition coefficient (Wildman–Crippen LogP) is 9.28. The Hall–Kier alpha value is -4.16. The van der Waals surface area contributed by atoms with Crippen LogP contribution in [0.1, 0.15) is 5.56 Å². The first kappa shape index (κ1) is 18.4. The van der Waals surface area contributed by atoms with Crippen LogP contribution in [0.4, 0.5) is 0 Å². The highest BCUT2D eigenvalue weighted by Gasteiger charge is 2.30. The molecule has 0 saturated carbocycles. The monoisotopic (exact) mass is 418 g/mol. The van der Waals surface area contributed by atoms with E-state index in [4.69, 9.17) is 0 Å². The average molecular weight is 419 g/mol. The number of benzene rings is 6. The molecule has 0 heterocycles. The molecule has 0 aromatic heterocycles. The van der Waals surface area contributed by atoms with Gasteiger partial charge in [-0.05, 0) is 73.0 Å². The van der Waals surface area contributed by atoms with Crippen molar-refractivity contribution in [2.24, 2.45) is 0 Å². The molecule has 0 saturated heterocycles. The van der Waals surface area contributed by atoms with Crippen LogP contribution in [0.5, 0.6) is 0 Å². The predicted molar refractivity (Wildman–Crippen MR) is 141 cm³/mol. The van der Waals surface area contributed by atoms with E-state index in [-0.39, 0.29) is 0 Å². The van der Waals surface area contributed by atoms with E-state index in [9.17, 15) is 0 Å². The fourth-order valence-corrected chi connectivity index (χ4v) is 5.71. The van der Waals surface area contributed by atoms with E-state index >= 15 is 0 Å². The first-order chi connectivity index (χ1) is 16.3. The summed E-state index contributed by atoms with van der Waals surface area (Å²) in [6.07, 6.45) is 0. The van der Waals surface area contributed by atoms with E-state index in [0.717, 1.165) is 0 Å². The summed E-state index contributed by atoms with van der Waals surface area (Å²) in [5.41, 5.74) is 11.9. The van der Waals surface area contributed by atoms with Gasteiger partial charge in [-0.3, -0.25) is 0 Å². The van der Waals surface area contributed by atoms with Gasteiger partial charge in [-0.1, -0.05) is 121 Å². The van der Waals surface area contributed by atoms with Crippen LogP contribution < -0.4 is 0 Å². The minimum atomic E-state index is 1.27. The van der Waals surface area contributed by atoms with Crippen LogP contribution in [0, 0.1) is 6.92 Å². The minimum absolute atomic E-state index is 1.27. The first-order valence-electron chi connectivity index (χ1n) is 11.5. The van der Waals surface area contributed by atoms with Gasteiger partial charge in [-0.25, -0.2) is 0 Å². The van der Waals surface area contributed by atoms with Gasteiger partial charge in [0.15, 0.2) is 0 Å². The Bertz CT molecular complexity index is 1680. The maximum atomic E-state index is 2.37. The van der Waals surface area contributed by atoms with Gasteiger partial charge in [0.25, 0.3) is 0 Å². The fraction of sp³-hybridized carbons (Fsp3) is 0.0303. The lowest BCUT2D eigenvalue weighted by Gasteiger charge is -2.20. The molecule has 0 amide bonds. The van der Waals surface area contributed by atoms with Gasteiger partial charge in [0.1, 0.15) is 0 Å². The molecule has 0 spiro atoms. The van der Waals surface area contributed by atoms with E-state index in [1.807, 2.05) is 0 Å². The molecule has 7 rings (SSSR count). The lowest BCUT2D eigenvalue weighted by molar-refractivity contribution is 1.50. The third kappa shape index (κ3) is 2.58. The lowest BCUT2D eigenvalue weighted by Crippen LogP contribution is -1.94. The molecule has 0 radical (unpaired) electrons. The van der Waals surface area contributed by atoms with E-state index < -0.39 is 0 Å². The normalized spacial score (nSPS) is 11.8. The Kier molecular flexibility index (Phi) is 3.86. The van der Waals surface area contributed by atoms with Crippen LogP contribution in [0.25, 0.3) is 66.1 Å². The van der Waals surface area contributed by atoms with Crippen LogP contribution in [-0.4, -0.2) is 0 Å². The molecule has 0 N–H and O–H groups in total. The summed E-state index contributed by atoms with van der Waals surface area (Å²) in [4.78, 5) is 0. The van der Waals surface area contributed by atoms with Crippen LogP contribution >= 0.6 is 0 Å². The Labute approximate surface area is 193 Å². The summed E-state index contributed by atoms with van der Waals surface area (Å²) in [7, 11) is 0. The molecular weight excluding hydrogens is 396 g/mol. The highest BCUT2D eigenvalue weighted by atomic mass is 14.3. The number of hydrogen-bond acceptors (Lipinski definition) is 0. The third-order valence-electron chi connectivity index (χ3n) is 7.03. The largest absolute Gasteiger partial charge is 0.0622 e. The zero-order chi connectivity index (χ0) is 21.9. The molecule has 0 bridgehead atoms. The Morgan fingerprint density at radius 2 is 0.970 bits per heavy atom. The number of rotatable bonds is 2. The zero-order valence-electron chi connectivity index (χ0n) is 18.5. The summed E-state index contributed by atoms with van der Waals surface area (Å²) >= 11 is 0. The summed E-state index contributed by atoms with van der Waals surface area (Å²) in [5.74, 6) is 0. The van der Waals surface area contributed by atoms with Crippen molar-refractivity contribution in [2.75, 3.05) is 0 Å². The van der Waals surface area contributed by atoms with Crippen molar-refractivity contribution in [2.45, 2.75) is 6.92 Å². The minimum Gasteiger partial charge on any atom is -0.0622 e. The van der Waals surface area contributed by atoms with Gasteiger partial charge < -0.3 is 0 Å². The van der Waals surface area contributed by atoms with E-state index in [0.29, 0.717) is 0 Å². The second-order valence-corrected chi connectivity index (χ2v) is 8.99. The summed E-state index contributed by atoms with van der Waals surface area (Å²) in [5, 5.41) is 5.31. The second kappa shape index (κ2) is 6.92. The van der Waals surface area contributed by atoms with Gasteiger partial charge in [0.05, 0.1) is 0 Å². The van der Waals surface area contributed by atoms with Gasteiger partial charge in [0, 0.05) is 0 Å². The molecule has 0 atom stereocenters. The van der Waals surface area contributed by atoms with Gasteiger partial charge in [0.2, 0.25) is 0 Å². The smallest absolute Gasteiger partial charge is 0.000741 e. The standard InChI is InChI=1S/C33H22/c1-21-18-19-25-28(20-21)31(24-12-6-3-7-13-24)33-27-17-9-15-22-14-8-16-26(29(22)27)32(33)30(25)23-10-4-2-5-11-23/h2-20H,1H3. The molecule has 33 heavy (non-hydrogen) atoms. The Morgan fingerprint density at radius 1 is 0.424 bits per heavy atom. The SMILES string of the molecule is Cc1ccc2c(-c3ccccc3)c3c(c(-c4ccccc4)c2c1)-c1cccc2cccc-3c12. The Morgan fingerprint density at radius 3 is 1.55 bits per heavy atom. The maximum absolute atomic E-state index is 2.37. The number of fused-ring (bicyclic) bond motifs is 4. The van der Waals surface area contributed by atoms with E-state index in [1.54, 1.807) is 0 Å². The molecule has 6 aromatic carbocycles. The van der Waals surface area contributed by atoms with Gasteiger partial charge >= 0.3 is 0 Å². The van der Waals surface area contributed by atoms with Crippen molar-refractivity contribution in [3.8, 4) is 44.5 Å². The van der Waals surface area contributed by atoms with Crippen LogP contribution in [0.3, 0.4) is 0 Å². The molecule has 6 aromatic rings. The maximum Gasteiger partial charge on any atom is -0.000741 e. The first-order valence-corrected chi connectivity index (χ1v) is 11.5. The second-order valence-electron chi connectivity index (χ2n) is 8.99. The quantitative estimate of drug-likeness (QED) is 0.262. The summed E-state index contributed by atoms with van der Waals surface area (Å²) < 4.78 is 0. The molecular formula is C33H22. The average Bonchev–Trinajstić information content (AvgIpc) is 3.19. The van der Waals surface area contributed by atoms with Crippen LogP contribution in [0.2, 0.25) is 0 Å². The van der Waals surface area contributed by atoms with Crippen molar-refractivity contribution in [3.05, 3.63) is 121 Å². The molecule has 154 valence electrons. The summed E-state index contributed by atoms with van der Waals surface area (Å²) in [6.45, 7) is 2.19. The number of aryl methyl sites for hydroxylation is 1. The Balaban J connectivity index is 1.78. The van der Waals surface area contributed by atoms with Crippen molar-refractivity contribution in [3.63, 3.8) is 0 Å². The van der Waals surface area contributed by atoms with Crippen LogP contribution in [-0.2, 0) is 0 Å². The zero-order valence-corrected chi connectivity index (χ0v) is 18.5. The lowest BCUT2D eigenvalue weighted by atomic mass is 9.82. The summed E-state index contributed by atoms with van der Waals surface area (Å²) in [6, 6.07) is 42.2. The third-order valence-corrected chi connectivity index (χ3v) is 7.03. The van der Waals surface area contributed by atoms with Gasteiger partial charge in [-0.2, -0.15) is 0 Å². The molecule has 0 unspecified atom stereocenters. The molecule has 0 nitrogen and oxygen atoms in total. The number of hydrogen-bond donors (Lipinski definition) is 0. The van der Waals surface area contributed by atoms with E-state index in [1.165, 1.54) is 71.6 Å². The highest BCUT2D eigenvalue weighted by Crippen LogP contribution is 2.57.